The Kier molecular flexibility index (Phi) is 5.35. The fourth-order valence-electron chi connectivity index (χ4n) is 1.85. The maximum absolute atomic E-state index is 11.9. The Bertz CT molecular complexity index is 355. The van der Waals surface area contributed by atoms with E-state index in [9.17, 15) is 13.2 Å². The minimum Gasteiger partial charge on any atom is -0.466 e. The second-order valence-corrected chi connectivity index (χ2v) is 6.22. The number of hydrogen-bond donors (Lipinski definition) is 1. The molecule has 6 nitrogen and oxygen atoms in total. The highest BCUT2D eigenvalue weighted by Crippen LogP contribution is 2.17. The Morgan fingerprint density at radius 1 is 1.47 bits per heavy atom. The van der Waals surface area contributed by atoms with Crippen LogP contribution in [-0.4, -0.2) is 43.8 Å². The van der Waals surface area contributed by atoms with Crippen LogP contribution in [0.5, 0.6) is 0 Å². The first kappa shape index (κ1) is 14.4. The van der Waals surface area contributed by atoms with Gasteiger partial charge in [-0.3, -0.25) is 4.79 Å². The van der Waals surface area contributed by atoms with Gasteiger partial charge in [-0.15, -0.1) is 0 Å². The van der Waals surface area contributed by atoms with Gasteiger partial charge in [0, 0.05) is 13.5 Å². The number of carbonyl (C=O) groups is 1. The molecule has 2 N–H and O–H groups in total. The summed E-state index contributed by atoms with van der Waals surface area (Å²) in [5.41, 5.74) is 5.78. The van der Waals surface area contributed by atoms with Crippen LogP contribution in [0.4, 0.5) is 0 Å². The van der Waals surface area contributed by atoms with E-state index in [2.05, 4.69) is 0 Å². The maximum Gasteiger partial charge on any atom is 0.302 e. The monoisotopic (exact) mass is 264 g/mol. The highest BCUT2D eigenvalue weighted by Gasteiger charge is 2.29. The minimum atomic E-state index is -3.31. The van der Waals surface area contributed by atoms with Crippen LogP contribution >= 0.6 is 0 Å². The third kappa shape index (κ3) is 4.61. The van der Waals surface area contributed by atoms with Crippen molar-refractivity contribution in [1.29, 1.82) is 0 Å². The van der Waals surface area contributed by atoms with Crippen LogP contribution in [0, 0.1) is 0 Å². The van der Waals surface area contributed by atoms with Crippen molar-refractivity contribution in [3.8, 4) is 0 Å². The zero-order valence-electron chi connectivity index (χ0n) is 10.1. The second kappa shape index (κ2) is 6.32. The average molecular weight is 264 g/mol. The van der Waals surface area contributed by atoms with Gasteiger partial charge in [-0.2, -0.15) is 4.31 Å². The highest BCUT2D eigenvalue weighted by molar-refractivity contribution is 7.89. The summed E-state index contributed by atoms with van der Waals surface area (Å²) in [4.78, 5) is 10.5. The van der Waals surface area contributed by atoms with Crippen LogP contribution in [0.15, 0.2) is 0 Å². The summed E-state index contributed by atoms with van der Waals surface area (Å²) in [5.74, 6) is -0.411. The van der Waals surface area contributed by atoms with Crippen LogP contribution in [0.3, 0.4) is 0 Å². The quantitative estimate of drug-likeness (QED) is 0.559. The van der Waals surface area contributed by atoms with Crippen LogP contribution < -0.4 is 5.73 Å². The summed E-state index contributed by atoms with van der Waals surface area (Å²) in [6.45, 7) is 1.93. The first-order valence-electron chi connectivity index (χ1n) is 5.82. The first-order valence-corrected chi connectivity index (χ1v) is 7.43. The molecule has 1 aliphatic heterocycles. The topological polar surface area (TPSA) is 89.7 Å². The molecule has 1 heterocycles. The Morgan fingerprint density at radius 2 is 2.18 bits per heavy atom. The van der Waals surface area contributed by atoms with Crippen molar-refractivity contribution in [3.63, 3.8) is 0 Å². The molecule has 0 spiro atoms. The van der Waals surface area contributed by atoms with Crippen LogP contribution in [0.1, 0.15) is 32.6 Å². The molecule has 0 radical (unpaired) electrons. The van der Waals surface area contributed by atoms with Gasteiger partial charge < -0.3 is 10.5 Å². The Morgan fingerprint density at radius 3 is 2.76 bits per heavy atom. The SMILES string of the molecule is CC(=O)OCCCS(=O)(=O)N1CCCCC1N. The van der Waals surface area contributed by atoms with Gasteiger partial charge in [0.1, 0.15) is 0 Å². The van der Waals surface area contributed by atoms with Gasteiger partial charge in [0.2, 0.25) is 10.0 Å². The van der Waals surface area contributed by atoms with Crippen molar-refractivity contribution in [1.82, 2.24) is 4.31 Å². The third-order valence-corrected chi connectivity index (χ3v) is 4.68. The van der Waals surface area contributed by atoms with Crippen LogP contribution in [0.2, 0.25) is 0 Å². The molecular formula is C10H20N2O4S. The van der Waals surface area contributed by atoms with Crippen molar-refractivity contribution in [2.75, 3.05) is 18.9 Å². The summed E-state index contributed by atoms with van der Waals surface area (Å²) in [6, 6.07) is 0. The Balaban J connectivity index is 2.41. The smallest absolute Gasteiger partial charge is 0.302 e. The second-order valence-electron chi connectivity index (χ2n) is 4.18. The van der Waals surface area contributed by atoms with Gasteiger partial charge in [-0.25, -0.2) is 8.42 Å². The fraction of sp³-hybridized carbons (Fsp3) is 0.900. The summed E-state index contributed by atoms with van der Waals surface area (Å²) >= 11 is 0. The largest absolute Gasteiger partial charge is 0.466 e. The van der Waals surface area contributed by atoms with E-state index in [0.29, 0.717) is 19.4 Å². The summed E-state index contributed by atoms with van der Waals surface area (Å²) < 4.78 is 30.0. The molecule has 1 aliphatic rings. The van der Waals surface area contributed by atoms with Crippen molar-refractivity contribution >= 4 is 16.0 Å². The van der Waals surface area contributed by atoms with E-state index >= 15 is 0 Å². The minimum absolute atomic E-state index is 0.0199. The maximum atomic E-state index is 11.9. The molecular weight excluding hydrogens is 244 g/mol. The Hall–Kier alpha value is -0.660. The molecule has 0 aliphatic carbocycles. The lowest BCUT2D eigenvalue weighted by Crippen LogP contribution is -2.49. The van der Waals surface area contributed by atoms with Gasteiger partial charge >= 0.3 is 5.97 Å². The number of carbonyl (C=O) groups excluding carboxylic acids is 1. The number of hydrogen-bond acceptors (Lipinski definition) is 5. The van der Waals surface area contributed by atoms with Gasteiger partial charge in [-0.1, -0.05) is 0 Å². The molecule has 0 saturated carbocycles. The normalized spacial score (nSPS) is 22.4. The van der Waals surface area contributed by atoms with Gasteiger partial charge in [0.15, 0.2) is 0 Å². The molecule has 1 rings (SSSR count). The number of ether oxygens (including phenoxy) is 1. The molecule has 1 fully saturated rings. The van der Waals surface area contributed by atoms with Crippen molar-refractivity contribution in [2.45, 2.75) is 38.8 Å². The van der Waals surface area contributed by atoms with Crippen molar-refractivity contribution in [2.24, 2.45) is 5.73 Å². The molecule has 17 heavy (non-hydrogen) atoms. The number of nitrogens with two attached hydrogens (primary N) is 1. The molecule has 0 aromatic rings. The molecule has 0 aromatic carbocycles. The predicted molar refractivity (Wildman–Crippen MR) is 63.6 cm³/mol. The van der Waals surface area contributed by atoms with E-state index in [1.807, 2.05) is 0 Å². The fourth-order valence-corrected chi connectivity index (χ4v) is 3.49. The van der Waals surface area contributed by atoms with Gasteiger partial charge in [0.05, 0.1) is 18.5 Å². The average Bonchev–Trinajstić information content (AvgIpc) is 2.24. The van der Waals surface area contributed by atoms with E-state index < -0.39 is 22.2 Å². The lowest BCUT2D eigenvalue weighted by Gasteiger charge is -2.31. The zero-order chi connectivity index (χ0) is 12.9. The number of piperidine rings is 1. The standard InChI is InChI=1S/C10H20N2O4S/c1-9(13)16-7-4-8-17(14,15)12-6-3-2-5-10(12)11/h10H,2-8,11H2,1H3. The molecule has 1 unspecified atom stereocenters. The van der Waals surface area contributed by atoms with E-state index in [1.54, 1.807) is 0 Å². The van der Waals surface area contributed by atoms with Crippen LogP contribution in [0.25, 0.3) is 0 Å². The lowest BCUT2D eigenvalue weighted by atomic mass is 10.1. The van der Waals surface area contributed by atoms with E-state index in [-0.39, 0.29) is 12.4 Å². The molecule has 7 heteroatoms. The summed E-state index contributed by atoms with van der Waals surface area (Å²) in [7, 11) is -3.31. The number of rotatable bonds is 5. The van der Waals surface area contributed by atoms with Gasteiger partial charge in [-0.05, 0) is 25.7 Å². The van der Waals surface area contributed by atoms with E-state index in [0.717, 1.165) is 12.8 Å². The summed E-state index contributed by atoms with van der Waals surface area (Å²) in [6.07, 6.45) is 2.45. The van der Waals surface area contributed by atoms with Gasteiger partial charge in [0.25, 0.3) is 0 Å². The van der Waals surface area contributed by atoms with E-state index in [1.165, 1.54) is 11.2 Å². The molecule has 0 aromatic heterocycles. The molecule has 1 saturated heterocycles. The first-order chi connectivity index (χ1) is 7.93. The number of esters is 1. The third-order valence-electron chi connectivity index (χ3n) is 2.71. The molecule has 100 valence electrons. The lowest BCUT2D eigenvalue weighted by molar-refractivity contribution is -0.140. The molecule has 1 atom stereocenters. The van der Waals surface area contributed by atoms with Crippen molar-refractivity contribution < 1.29 is 17.9 Å². The van der Waals surface area contributed by atoms with E-state index in [4.69, 9.17) is 10.5 Å². The van der Waals surface area contributed by atoms with Crippen LogP contribution in [-0.2, 0) is 19.6 Å². The zero-order valence-corrected chi connectivity index (χ0v) is 10.9. The molecule has 0 amide bonds. The predicted octanol–water partition coefficient (Wildman–Crippen LogP) is 0.0401. The number of sulfonamides is 1. The molecule has 0 bridgehead atoms. The highest BCUT2D eigenvalue weighted by atomic mass is 32.2. The Labute approximate surface area is 102 Å². The number of nitrogens with zero attached hydrogens (tertiary/aromatic N) is 1. The summed E-state index contributed by atoms with van der Waals surface area (Å²) in [5, 5.41) is 0. The van der Waals surface area contributed by atoms with Crippen molar-refractivity contribution in [3.05, 3.63) is 0 Å².